The van der Waals surface area contributed by atoms with Crippen LogP contribution in [-0.4, -0.2) is 35.4 Å². The topological polar surface area (TPSA) is 97.4 Å². The summed E-state index contributed by atoms with van der Waals surface area (Å²) in [7, 11) is 0. The second-order valence-corrected chi connectivity index (χ2v) is 7.35. The summed E-state index contributed by atoms with van der Waals surface area (Å²) < 4.78 is 5.11. The second kappa shape index (κ2) is 8.51. The van der Waals surface area contributed by atoms with Crippen LogP contribution in [-0.2, 0) is 9.53 Å². The van der Waals surface area contributed by atoms with Gasteiger partial charge in [-0.15, -0.1) is 0 Å². The number of nitrogens with one attached hydrogen (secondary N) is 2. The van der Waals surface area contributed by atoms with Gasteiger partial charge in [0, 0.05) is 11.4 Å². The number of pyridine rings is 1. The number of esters is 1. The van der Waals surface area contributed by atoms with Crippen molar-refractivity contribution in [1.29, 1.82) is 0 Å². The Kier molecular flexibility index (Phi) is 5.63. The molecule has 0 spiro atoms. The molecule has 2 N–H and O–H groups in total. The molecule has 0 radical (unpaired) electrons. The highest BCUT2D eigenvalue weighted by atomic mass is 35.5. The van der Waals surface area contributed by atoms with Crippen LogP contribution >= 0.6 is 11.6 Å². The van der Waals surface area contributed by atoms with Crippen molar-refractivity contribution in [3.8, 4) is 0 Å². The highest BCUT2D eigenvalue weighted by Gasteiger charge is 2.25. The van der Waals surface area contributed by atoms with E-state index in [0.29, 0.717) is 27.5 Å². The summed E-state index contributed by atoms with van der Waals surface area (Å²) in [5, 5.41) is 6.60. The van der Waals surface area contributed by atoms with Gasteiger partial charge in [0.05, 0.1) is 22.3 Å². The summed E-state index contributed by atoms with van der Waals surface area (Å²) in [6.07, 6.45) is 1.93. The van der Waals surface area contributed by atoms with Crippen LogP contribution in [0, 0.1) is 0 Å². The Bertz CT molecular complexity index is 1140. The zero-order valence-corrected chi connectivity index (χ0v) is 16.6. The average molecular weight is 424 g/mol. The molecule has 1 aromatic heterocycles. The number of halogens is 1. The minimum atomic E-state index is -0.637. The molecular formula is C22H18ClN3O4. The van der Waals surface area contributed by atoms with Gasteiger partial charge >= 0.3 is 5.97 Å². The van der Waals surface area contributed by atoms with Gasteiger partial charge < -0.3 is 15.4 Å². The maximum Gasteiger partial charge on any atom is 0.338 e. The number of anilines is 1. The molecule has 0 atom stereocenters. The number of fused-ring (bicyclic) bond motifs is 1. The number of hydrogen-bond acceptors (Lipinski definition) is 5. The number of carbonyl (C=O) groups excluding carboxylic acids is 3. The molecule has 1 heterocycles. The van der Waals surface area contributed by atoms with E-state index in [1.165, 1.54) is 0 Å². The SMILES string of the molecule is O=C(COC(=O)c1ccc2nc(Cl)ccc2c1)Nc1ccccc1C(=O)NC1CC1. The molecular weight excluding hydrogens is 406 g/mol. The van der Waals surface area contributed by atoms with Crippen LogP contribution in [0.25, 0.3) is 10.9 Å². The van der Waals surface area contributed by atoms with E-state index < -0.39 is 18.5 Å². The van der Waals surface area contributed by atoms with Gasteiger partial charge in [0.2, 0.25) is 0 Å². The number of carbonyl (C=O) groups is 3. The van der Waals surface area contributed by atoms with Crippen molar-refractivity contribution >= 4 is 46.0 Å². The quantitative estimate of drug-likeness (QED) is 0.466. The lowest BCUT2D eigenvalue weighted by molar-refractivity contribution is -0.119. The van der Waals surface area contributed by atoms with Crippen LogP contribution in [0.3, 0.4) is 0 Å². The van der Waals surface area contributed by atoms with Crippen molar-refractivity contribution in [2.24, 2.45) is 0 Å². The Morgan fingerprint density at radius 2 is 1.87 bits per heavy atom. The molecule has 1 saturated carbocycles. The van der Waals surface area contributed by atoms with Crippen LogP contribution in [0.5, 0.6) is 0 Å². The number of rotatable bonds is 6. The van der Waals surface area contributed by atoms with Crippen LogP contribution < -0.4 is 10.6 Å². The summed E-state index contributed by atoms with van der Waals surface area (Å²) in [4.78, 5) is 41.0. The Balaban J connectivity index is 1.37. The predicted molar refractivity (Wildman–Crippen MR) is 113 cm³/mol. The highest BCUT2D eigenvalue weighted by molar-refractivity contribution is 6.29. The molecule has 1 aliphatic rings. The normalized spacial score (nSPS) is 13.0. The van der Waals surface area contributed by atoms with Gasteiger partial charge in [0.15, 0.2) is 6.61 Å². The highest BCUT2D eigenvalue weighted by Crippen LogP contribution is 2.22. The maximum absolute atomic E-state index is 12.3. The first-order valence-corrected chi connectivity index (χ1v) is 9.80. The maximum atomic E-state index is 12.3. The first-order valence-electron chi connectivity index (χ1n) is 9.43. The number of ether oxygens (including phenoxy) is 1. The van der Waals surface area contributed by atoms with Crippen molar-refractivity contribution in [1.82, 2.24) is 10.3 Å². The zero-order chi connectivity index (χ0) is 21.1. The number of hydrogen-bond donors (Lipinski definition) is 2. The Labute approximate surface area is 177 Å². The van der Waals surface area contributed by atoms with E-state index in [0.717, 1.165) is 18.2 Å². The summed E-state index contributed by atoms with van der Waals surface area (Å²) in [5.41, 5.74) is 1.68. The molecule has 3 aromatic rings. The molecule has 4 rings (SSSR count). The van der Waals surface area contributed by atoms with Gasteiger partial charge in [0.1, 0.15) is 5.15 Å². The van der Waals surface area contributed by atoms with E-state index in [1.54, 1.807) is 54.6 Å². The number of aromatic nitrogens is 1. The number of amides is 2. The van der Waals surface area contributed by atoms with Gasteiger partial charge in [-0.05, 0) is 55.3 Å². The third-order valence-electron chi connectivity index (χ3n) is 4.58. The molecule has 1 fully saturated rings. The van der Waals surface area contributed by atoms with Crippen LogP contribution in [0.2, 0.25) is 5.15 Å². The molecule has 152 valence electrons. The molecule has 0 bridgehead atoms. The van der Waals surface area contributed by atoms with Gasteiger partial charge in [-0.2, -0.15) is 0 Å². The third-order valence-corrected chi connectivity index (χ3v) is 4.79. The largest absolute Gasteiger partial charge is 0.452 e. The molecule has 7 nitrogen and oxygen atoms in total. The Morgan fingerprint density at radius 1 is 1.07 bits per heavy atom. The van der Waals surface area contributed by atoms with Crippen molar-refractivity contribution in [2.45, 2.75) is 18.9 Å². The Hall–Kier alpha value is -3.45. The van der Waals surface area contributed by atoms with E-state index in [1.807, 2.05) is 0 Å². The second-order valence-electron chi connectivity index (χ2n) is 6.96. The average Bonchev–Trinajstić information content (AvgIpc) is 3.56. The molecule has 1 aliphatic carbocycles. The van der Waals surface area contributed by atoms with Crippen molar-refractivity contribution in [3.63, 3.8) is 0 Å². The van der Waals surface area contributed by atoms with Gasteiger partial charge in [-0.1, -0.05) is 23.7 Å². The first-order chi connectivity index (χ1) is 14.5. The first kappa shape index (κ1) is 19.8. The summed E-state index contributed by atoms with van der Waals surface area (Å²) in [5.74, 6) is -1.42. The van der Waals surface area contributed by atoms with Crippen LogP contribution in [0.15, 0.2) is 54.6 Å². The zero-order valence-electron chi connectivity index (χ0n) is 15.9. The van der Waals surface area contributed by atoms with Gasteiger partial charge in [-0.25, -0.2) is 9.78 Å². The van der Waals surface area contributed by atoms with E-state index in [2.05, 4.69) is 15.6 Å². The van der Waals surface area contributed by atoms with Crippen LogP contribution in [0.1, 0.15) is 33.6 Å². The van der Waals surface area contributed by atoms with Crippen molar-refractivity contribution in [2.75, 3.05) is 11.9 Å². The van der Waals surface area contributed by atoms with E-state index in [4.69, 9.17) is 16.3 Å². The molecule has 0 saturated heterocycles. The van der Waals surface area contributed by atoms with Crippen molar-refractivity contribution < 1.29 is 19.1 Å². The summed E-state index contributed by atoms with van der Waals surface area (Å²) in [6.45, 7) is -0.478. The molecule has 2 amide bonds. The van der Waals surface area contributed by atoms with Crippen LogP contribution in [0.4, 0.5) is 5.69 Å². The fourth-order valence-electron chi connectivity index (χ4n) is 2.91. The molecule has 30 heavy (non-hydrogen) atoms. The standard InChI is InChI=1S/C22H18ClN3O4/c23-19-10-6-13-11-14(5-9-17(13)25-19)22(29)30-12-20(27)26-18-4-2-1-3-16(18)21(28)24-15-7-8-15/h1-6,9-11,15H,7-8,12H2,(H,24,28)(H,26,27). The minimum Gasteiger partial charge on any atom is -0.452 e. The van der Waals surface area contributed by atoms with E-state index in [9.17, 15) is 14.4 Å². The van der Waals surface area contributed by atoms with Gasteiger partial charge in [0.25, 0.3) is 11.8 Å². The lowest BCUT2D eigenvalue weighted by Crippen LogP contribution is -2.28. The lowest BCUT2D eigenvalue weighted by Gasteiger charge is -2.11. The third kappa shape index (κ3) is 4.75. The fraction of sp³-hybridized carbons (Fsp3) is 0.182. The minimum absolute atomic E-state index is 0.204. The summed E-state index contributed by atoms with van der Waals surface area (Å²) >= 11 is 5.86. The fourth-order valence-corrected chi connectivity index (χ4v) is 3.06. The molecule has 2 aromatic carbocycles. The monoisotopic (exact) mass is 423 g/mol. The smallest absolute Gasteiger partial charge is 0.338 e. The molecule has 8 heteroatoms. The Morgan fingerprint density at radius 3 is 2.67 bits per heavy atom. The lowest BCUT2D eigenvalue weighted by atomic mass is 10.1. The van der Waals surface area contributed by atoms with Gasteiger partial charge in [-0.3, -0.25) is 9.59 Å². The number of para-hydroxylation sites is 1. The number of benzene rings is 2. The van der Waals surface area contributed by atoms with E-state index in [-0.39, 0.29) is 11.9 Å². The van der Waals surface area contributed by atoms with E-state index >= 15 is 0 Å². The molecule has 0 aliphatic heterocycles. The predicted octanol–water partition coefficient (Wildman–Crippen LogP) is 3.58. The van der Waals surface area contributed by atoms with Crippen molar-refractivity contribution in [3.05, 3.63) is 70.9 Å². The molecule has 0 unspecified atom stereocenters. The number of nitrogens with zero attached hydrogens (tertiary/aromatic N) is 1. The summed E-state index contributed by atoms with van der Waals surface area (Å²) in [6, 6.07) is 15.1.